The van der Waals surface area contributed by atoms with Crippen molar-refractivity contribution in [2.45, 2.75) is 6.42 Å². The highest BCUT2D eigenvalue weighted by Gasteiger charge is 2.21. The van der Waals surface area contributed by atoms with Crippen LogP contribution < -0.4 is 25.4 Å². The van der Waals surface area contributed by atoms with Gasteiger partial charge in [0.05, 0.1) is 11.6 Å². The van der Waals surface area contributed by atoms with Crippen LogP contribution in [0.5, 0.6) is 11.5 Å². The van der Waals surface area contributed by atoms with E-state index in [2.05, 4.69) is 25.9 Å². The molecule has 0 radical (unpaired) electrons. The lowest BCUT2D eigenvalue weighted by molar-refractivity contribution is 0.0944. The fourth-order valence-electron chi connectivity index (χ4n) is 3.16. The Labute approximate surface area is 189 Å². The van der Waals surface area contributed by atoms with Gasteiger partial charge in [-0.2, -0.15) is 4.98 Å². The number of anilines is 3. The summed E-state index contributed by atoms with van der Waals surface area (Å²) in [4.78, 5) is 20.8. The number of carbonyl (C=O) groups excluding carboxylic acids is 1. The van der Waals surface area contributed by atoms with Crippen LogP contribution in [0.2, 0.25) is 5.02 Å². The summed E-state index contributed by atoms with van der Waals surface area (Å²) in [6.07, 6.45) is 2.31. The number of benzene rings is 2. The van der Waals surface area contributed by atoms with Crippen molar-refractivity contribution < 1.29 is 19.4 Å². The van der Waals surface area contributed by atoms with Gasteiger partial charge in [-0.15, -0.1) is 0 Å². The second kappa shape index (κ2) is 10.2. The summed E-state index contributed by atoms with van der Waals surface area (Å²) in [6, 6.07) is 12.6. The van der Waals surface area contributed by atoms with E-state index in [-0.39, 0.29) is 25.9 Å². The molecule has 4 rings (SSSR count). The average Bonchev–Trinajstić information content (AvgIpc) is 3.29. The molecule has 0 spiro atoms. The molecule has 9 nitrogen and oxygen atoms in total. The van der Waals surface area contributed by atoms with Crippen LogP contribution in [0, 0.1) is 0 Å². The number of nitrogens with one attached hydrogen (secondary N) is 3. The number of nitrogens with zero attached hydrogens (tertiary/aromatic N) is 2. The average molecular weight is 456 g/mol. The molecule has 2 aromatic carbocycles. The summed E-state index contributed by atoms with van der Waals surface area (Å²) in [7, 11) is 0. The minimum absolute atomic E-state index is 0.0942. The Balaban J connectivity index is 1.37. The summed E-state index contributed by atoms with van der Waals surface area (Å²) < 4.78 is 10.9. The van der Waals surface area contributed by atoms with Crippen molar-refractivity contribution in [3.05, 3.63) is 64.8 Å². The molecule has 1 aliphatic heterocycles. The van der Waals surface area contributed by atoms with Gasteiger partial charge in [0.25, 0.3) is 5.91 Å². The first-order chi connectivity index (χ1) is 15.6. The van der Waals surface area contributed by atoms with Crippen molar-refractivity contribution >= 4 is 35.0 Å². The third-order valence-electron chi connectivity index (χ3n) is 4.68. The predicted octanol–water partition coefficient (Wildman–Crippen LogP) is 2.98. The molecule has 10 heteroatoms. The van der Waals surface area contributed by atoms with Crippen LogP contribution in [-0.2, 0) is 6.42 Å². The van der Waals surface area contributed by atoms with Crippen molar-refractivity contribution in [2.75, 3.05) is 37.1 Å². The number of aliphatic hydroxyl groups excluding tert-OH is 1. The Kier molecular flexibility index (Phi) is 6.88. The second-order valence-electron chi connectivity index (χ2n) is 6.90. The van der Waals surface area contributed by atoms with Gasteiger partial charge < -0.3 is 30.5 Å². The maximum absolute atomic E-state index is 12.0. The van der Waals surface area contributed by atoms with Gasteiger partial charge >= 0.3 is 0 Å². The van der Waals surface area contributed by atoms with Gasteiger partial charge in [-0.3, -0.25) is 4.79 Å². The van der Waals surface area contributed by atoms with Crippen LogP contribution in [0.4, 0.5) is 17.5 Å². The first-order valence-electron chi connectivity index (χ1n) is 10.0. The molecule has 166 valence electrons. The standard InChI is InChI=1S/C22H22ClN5O4/c23-16-4-5-17-20(32-13-31-17)19(16)27-18-7-9-26-22(28-18)25-8-6-14-2-1-3-15(12-14)21(30)24-10-11-29/h1-5,7,9,12,29H,6,8,10-11,13H2,(H,24,30)(H2,25,26,27,28). The lowest BCUT2D eigenvalue weighted by Gasteiger charge is -2.12. The maximum Gasteiger partial charge on any atom is 0.251 e. The maximum atomic E-state index is 12.0. The predicted molar refractivity (Wildman–Crippen MR) is 121 cm³/mol. The van der Waals surface area contributed by atoms with Crippen molar-refractivity contribution in [1.29, 1.82) is 0 Å². The molecule has 0 bridgehead atoms. The lowest BCUT2D eigenvalue weighted by atomic mass is 10.1. The zero-order valence-corrected chi connectivity index (χ0v) is 17.9. The van der Waals surface area contributed by atoms with E-state index in [1.54, 1.807) is 30.5 Å². The first-order valence-corrected chi connectivity index (χ1v) is 10.4. The second-order valence-corrected chi connectivity index (χ2v) is 7.31. The van der Waals surface area contributed by atoms with Crippen molar-refractivity contribution in [3.8, 4) is 11.5 Å². The number of ether oxygens (including phenoxy) is 2. The minimum atomic E-state index is -0.212. The number of amides is 1. The molecule has 0 aliphatic carbocycles. The first kappa shape index (κ1) is 21.7. The molecule has 4 N–H and O–H groups in total. The highest BCUT2D eigenvalue weighted by Crippen LogP contribution is 2.44. The number of halogens is 1. The molecule has 3 aromatic rings. The highest BCUT2D eigenvalue weighted by atomic mass is 35.5. The molecular formula is C22H22ClN5O4. The largest absolute Gasteiger partial charge is 0.454 e. The van der Waals surface area contributed by atoms with Gasteiger partial charge in [0.2, 0.25) is 12.7 Å². The topological polar surface area (TPSA) is 118 Å². The molecule has 0 saturated heterocycles. The zero-order chi connectivity index (χ0) is 22.3. The molecule has 0 unspecified atom stereocenters. The number of rotatable bonds is 9. The number of aliphatic hydroxyl groups is 1. The van der Waals surface area contributed by atoms with Crippen molar-refractivity contribution in [2.24, 2.45) is 0 Å². The smallest absolute Gasteiger partial charge is 0.251 e. The van der Waals surface area contributed by atoms with Crippen molar-refractivity contribution in [1.82, 2.24) is 15.3 Å². The number of aromatic nitrogens is 2. The summed E-state index contributed by atoms with van der Waals surface area (Å²) in [5.74, 6) is 1.96. The lowest BCUT2D eigenvalue weighted by Crippen LogP contribution is -2.26. The van der Waals surface area contributed by atoms with E-state index in [1.165, 1.54) is 0 Å². The van der Waals surface area contributed by atoms with E-state index >= 15 is 0 Å². The van der Waals surface area contributed by atoms with Crippen LogP contribution in [0.1, 0.15) is 15.9 Å². The Bertz CT molecular complexity index is 1110. The monoisotopic (exact) mass is 455 g/mol. The number of hydrogen-bond acceptors (Lipinski definition) is 8. The van der Waals surface area contributed by atoms with Crippen LogP contribution >= 0.6 is 11.6 Å². The summed E-state index contributed by atoms with van der Waals surface area (Å²) in [5.41, 5.74) is 2.13. The highest BCUT2D eigenvalue weighted by molar-refractivity contribution is 6.33. The molecule has 1 amide bonds. The van der Waals surface area contributed by atoms with Crippen molar-refractivity contribution in [3.63, 3.8) is 0 Å². The van der Waals surface area contributed by atoms with E-state index in [4.69, 9.17) is 26.2 Å². The Morgan fingerprint density at radius 1 is 1.16 bits per heavy atom. The van der Waals surface area contributed by atoms with Gasteiger partial charge in [0.1, 0.15) is 11.5 Å². The normalized spacial score (nSPS) is 11.8. The third kappa shape index (κ3) is 5.19. The van der Waals surface area contributed by atoms with Crippen LogP contribution in [0.3, 0.4) is 0 Å². The van der Waals surface area contributed by atoms with Crippen LogP contribution in [0.15, 0.2) is 48.7 Å². The Morgan fingerprint density at radius 3 is 2.94 bits per heavy atom. The van der Waals surface area contributed by atoms with E-state index in [9.17, 15) is 4.79 Å². The van der Waals surface area contributed by atoms with Crippen LogP contribution in [-0.4, -0.2) is 47.5 Å². The molecule has 0 atom stereocenters. The Morgan fingerprint density at radius 2 is 2.06 bits per heavy atom. The van der Waals surface area contributed by atoms with E-state index in [0.717, 1.165) is 5.56 Å². The number of hydrogen-bond donors (Lipinski definition) is 4. The van der Waals surface area contributed by atoms with Gasteiger partial charge in [-0.05, 0) is 42.3 Å². The quantitative estimate of drug-likeness (QED) is 0.389. The number of fused-ring (bicyclic) bond motifs is 1. The molecule has 2 heterocycles. The van der Waals surface area contributed by atoms with Crippen LogP contribution in [0.25, 0.3) is 0 Å². The summed E-state index contributed by atoms with van der Waals surface area (Å²) in [5, 5.41) is 18.3. The molecule has 0 saturated carbocycles. The van der Waals surface area contributed by atoms with E-state index < -0.39 is 0 Å². The summed E-state index contributed by atoms with van der Waals surface area (Å²) >= 11 is 6.31. The van der Waals surface area contributed by atoms with Gasteiger partial charge in [0.15, 0.2) is 11.5 Å². The molecule has 0 fully saturated rings. The van der Waals surface area contributed by atoms with Gasteiger partial charge in [0, 0.05) is 24.8 Å². The molecular weight excluding hydrogens is 434 g/mol. The fraction of sp³-hybridized carbons (Fsp3) is 0.227. The minimum Gasteiger partial charge on any atom is -0.454 e. The van der Waals surface area contributed by atoms with Gasteiger partial charge in [-0.1, -0.05) is 23.7 Å². The summed E-state index contributed by atoms with van der Waals surface area (Å²) in [6.45, 7) is 0.848. The number of carbonyl (C=O) groups is 1. The molecule has 1 aliphatic rings. The zero-order valence-electron chi connectivity index (χ0n) is 17.1. The molecule has 1 aromatic heterocycles. The Hall–Kier alpha value is -3.56. The van der Waals surface area contributed by atoms with Gasteiger partial charge in [-0.25, -0.2) is 4.98 Å². The fourth-order valence-corrected chi connectivity index (χ4v) is 3.36. The van der Waals surface area contributed by atoms with E-state index in [0.29, 0.717) is 52.5 Å². The third-order valence-corrected chi connectivity index (χ3v) is 5.00. The van der Waals surface area contributed by atoms with E-state index in [1.807, 2.05) is 18.2 Å². The SMILES string of the molecule is O=C(NCCO)c1cccc(CCNc2nccc(Nc3c(Cl)ccc4c3OCO4)n2)c1. The molecule has 32 heavy (non-hydrogen) atoms.